The molecule has 1 aliphatic rings. The molecule has 0 radical (unpaired) electrons. The van der Waals surface area contributed by atoms with Crippen molar-refractivity contribution in [2.24, 2.45) is 17.6 Å². The highest BCUT2D eigenvalue weighted by molar-refractivity contribution is 5.80. The maximum atomic E-state index is 13.1. The van der Waals surface area contributed by atoms with E-state index in [1.54, 1.807) is 0 Å². The summed E-state index contributed by atoms with van der Waals surface area (Å²) in [6.45, 7) is 7.30. The summed E-state index contributed by atoms with van der Waals surface area (Å²) in [5, 5.41) is 0. The van der Waals surface area contributed by atoms with Crippen molar-refractivity contribution >= 4 is 17.9 Å². The van der Waals surface area contributed by atoms with Crippen LogP contribution in [0.5, 0.6) is 0 Å². The molecule has 0 aromatic heterocycles. The molecule has 1 unspecified atom stereocenters. The molecule has 0 spiro atoms. The highest BCUT2D eigenvalue weighted by Crippen LogP contribution is 2.19. The van der Waals surface area contributed by atoms with E-state index in [1.807, 2.05) is 40.1 Å². The SMILES string of the molecule is CC(C)CN(C/C=C/c1ccccc1)C(=O)C1CCCN(CC(N)=O)C1. The first-order valence-corrected chi connectivity index (χ1v) is 9.46. The third kappa shape index (κ3) is 6.64. The van der Waals surface area contributed by atoms with Gasteiger partial charge in [-0.3, -0.25) is 14.5 Å². The lowest BCUT2D eigenvalue weighted by atomic mass is 9.96. The minimum Gasteiger partial charge on any atom is -0.369 e. The average molecular weight is 357 g/mol. The first-order valence-electron chi connectivity index (χ1n) is 9.46. The van der Waals surface area contributed by atoms with E-state index >= 15 is 0 Å². The Morgan fingerprint density at radius 2 is 2.04 bits per heavy atom. The summed E-state index contributed by atoms with van der Waals surface area (Å²) in [5.41, 5.74) is 6.44. The summed E-state index contributed by atoms with van der Waals surface area (Å²) >= 11 is 0. The zero-order valence-corrected chi connectivity index (χ0v) is 15.9. The summed E-state index contributed by atoms with van der Waals surface area (Å²) < 4.78 is 0. The number of nitrogens with zero attached hydrogens (tertiary/aromatic N) is 2. The van der Waals surface area contributed by atoms with E-state index in [0.717, 1.165) is 31.5 Å². The van der Waals surface area contributed by atoms with Crippen LogP contribution in [-0.2, 0) is 9.59 Å². The molecule has 1 saturated heterocycles. The number of primary amides is 1. The average Bonchev–Trinajstić information content (AvgIpc) is 2.60. The number of likely N-dealkylation sites (tertiary alicyclic amines) is 1. The molecule has 1 atom stereocenters. The number of rotatable bonds is 8. The van der Waals surface area contributed by atoms with Gasteiger partial charge in [-0.05, 0) is 30.9 Å². The summed E-state index contributed by atoms with van der Waals surface area (Å²) in [7, 11) is 0. The van der Waals surface area contributed by atoms with E-state index in [1.165, 1.54) is 0 Å². The molecule has 1 heterocycles. The van der Waals surface area contributed by atoms with E-state index in [9.17, 15) is 9.59 Å². The predicted molar refractivity (Wildman–Crippen MR) is 105 cm³/mol. The minimum atomic E-state index is -0.331. The molecule has 1 aromatic rings. The van der Waals surface area contributed by atoms with Crippen LogP contribution in [0.4, 0.5) is 0 Å². The number of hydrogen-bond donors (Lipinski definition) is 1. The Bertz CT molecular complexity index is 613. The van der Waals surface area contributed by atoms with Crippen molar-refractivity contribution < 1.29 is 9.59 Å². The topological polar surface area (TPSA) is 66.6 Å². The van der Waals surface area contributed by atoms with Crippen molar-refractivity contribution in [3.8, 4) is 0 Å². The fourth-order valence-corrected chi connectivity index (χ4v) is 3.45. The molecular formula is C21H31N3O2. The van der Waals surface area contributed by atoms with Gasteiger partial charge in [-0.1, -0.05) is 56.3 Å². The van der Waals surface area contributed by atoms with Gasteiger partial charge in [-0.25, -0.2) is 0 Å². The Labute approximate surface area is 156 Å². The van der Waals surface area contributed by atoms with Gasteiger partial charge in [-0.15, -0.1) is 0 Å². The van der Waals surface area contributed by atoms with Gasteiger partial charge in [0.15, 0.2) is 0 Å². The fraction of sp³-hybridized carbons (Fsp3) is 0.524. The molecule has 0 aliphatic carbocycles. The van der Waals surface area contributed by atoms with Crippen LogP contribution in [0.25, 0.3) is 6.08 Å². The second-order valence-corrected chi connectivity index (χ2v) is 7.49. The molecule has 5 nitrogen and oxygen atoms in total. The van der Waals surface area contributed by atoms with Crippen LogP contribution in [0.3, 0.4) is 0 Å². The normalized spacial score (nSPS) is 18.3. The van der Waals surface area contributed by atoms with E-state index < -0.39 is 0 Å². The molecule has 1 aromatic carbocycles. The largest absolute Gasteiger partial charge is 0.369 e. The van der Waals surface area contributed by atoms with Crippen LogP contribution < -0.4 is 5.73 Å². The summed E-state index contributed by atoms with van der Waals surface area (Å²) in [6, 6.07) is 10.1. The molecule has 1 aliphatic heterocycles. The summed E-state index contributed by atoms with van der Waals surface area (Å²) in [6.07, 6.45) is 5.92. The Hall–Kier alpha value is -2.14. The number of hydrogen-bond acceptors (Lipinski definition) is 3. The Morgan fingerprint density at radius 1 is 1.31 bits per heavy atom. The van der Waals surface area contributed by atoms with Crippen molar-refractivity contribution in [1.82, 2.24) is 9.80 Å². The molecule has 0 bridgehead atoms. The number of piperidine rings is 1. The monoisotopic (exact) mass is 357 g/mol. The van der Waals surface area contributed by atoms with Crippen LogP contribution in [0.1, 0.15) is 32.3 Å². The van der Waals surface area contributed by atoms with Gasteiger partial charge >= 0.3 is 0 Å². The minimum absolute atomic E-state index is 0.0491. The van der Waals surface area contributed by atoms with Crippen LogP contribution >= 0.6 is 0 Å². The van der Waals surface area contributed by atoms with Gasteiger partial charge in [0.05, 0.1) is 12.5 Å². The van der Waals surface area contributed by atoms with E-state index in [-0.39, 0.29) is 24.3 Å². The molecule has 142 valence electrons. The standard InChI is InChI=1S/C21H31N3O2/c1-17(2)14-24(13-6-10-18-8-4-3-5-9-18)21(26)19-11-7-12-23(15-19)16-20(22)25/h3-6,8-10,17,19H,7,11-16H2,1-2H3,(H2,22,25)/b10-6+. The number of amides is 2. The van der Waals surface area contributed by atoms with Gasteiger partial charge in [0.2, 0.25) is 11.8 Å². The number of carbonyl (C=O) groups is 2. The Morgan fingerprint density at radius 3 is 2.69 bits per heavy atom. The molecule has 26 heavy (non-hydrogen) atoms. The maximum Gasteiger partial charge on any atom is 0.231 e. The number of benzene rings is 1. The van der Waals surface area contributed by atoms with Crippen molar-refractivity contribution in [3.05, 3.63) is 42.0 Å². The summed E-state index contributed by atoms with van der Waals surface area (Å²) in [5.74, 6) is 0.217. The van der Waals surface area contributed by atoms with E-state index in [0.29, 0.717) is 19.0 Å². The van der Waals surface area contributed by atoms with Crippen molar-refractivity contribution in [3.63, 3.8) is 0 Å². The van der Waals surface area contributed by atoms with Gasteiger partial charge in [0.25, 0.3) is 0 Å². The quantitative estimate of drug-likeness (QED) is 0.777. The lowest BCUT2D eigenvalue weighted by Crippen LogP contribution is -2.47. The zero-order valence-electron chi connectivity index (χ0n) is 15.9. The maximum absolute atomic E-state index is 13.1. The first kappa shape index (κ1) is 20.2. The smallest absolute Gasteiger partial charge is 0.231 e. The number of carbonyl (C=O) groups excluding carboxylic acids is 2. The Balaban J connectivity index is 1.99. The van der Waals surface area contributed by atoms with Gasteiger partial charge in [0, 0.05) is 19.6 Å². The lowest BCUT2D eigenvalue weighted by Gasteiger charge is -2.34. The summed E-state index contributed by atoms with van der Waals surface area (Å²) in [4.78, 5) is 28.2. The molecule has 5 heteroatoms. The Kier molecular flexibility index (Phi) is 7.85. The van der Waals surface area contributed by atoms with Crippen molar-refractivity contribution in [2.75, 3.05) is 32.7 Å². The first-order chi connectivity index (χ1) is 12.5. The molecule has 2 N–H and O–H groups in total. The van der Waals surface area contributed by atoms with Crippen molar-refractivity contribution in [2.45, 2.75) is 26.7 Å². The zero-order chi connectivity index (χ0) is 18.9. The van der Waals surface area contributed by atoms with Gasteiger partial charge < -0.3 is 10.6 Å². The molecular weight excluding hydrogens is 326 g/mol. The van der Waals surface area contributed by atoms with E-state index in [2.05, 4.69) is 26.0 Å². The van der Waals surface area contributed by atoms with Crippen molar-refractivity contribution in [1.29, 1.82) is 0 Å². The molecule has 1 fully saturated rings. The highest BCUT2D eigenvalue weighted by atomic mass is 16.2. The lowest BCUT2D eigenvalue weighted by molar-refractivity contribution is -0.138. The number of nitrogens with two attached hydrogens (primary N) is 1. The molecule has 2 rings (SSSR count). The molecule has 2 amide bonds. The van der Waals surface area contributed by atoms with Gasteiger partial charge in [-0.2, -0.15) is 0 Å². The van der Waals surface area contributed by atoms with Crippen LogP contribution in [-0.4, -0.2) is 54.3 Å². The third-order valence-electron chi connectivity index (χ3n) is 4.57. The predicted octanol–water partition coefficient (Wildman–Crippen LogP) is 2.38. The highest BCUT2D eigenvalue weighted by Gasteiger charge is 2.29. The molecule has 0 saturated carbocycles. The van der Waals surface area contributed by atoms with E-state index in [4.69, 9.17) is 5.73 Å². The van der Waals surface area contributed by atoms with Gasteiger partial charge in [0.1, 0.15) is 0 Å². The van der Waals surface area contributed by atoms with Crippen LogP contribution in [0.2, 0.25) is 0 Å². The fourth-order valence-electron chi connectivity index (χ4n) is 3.45. The van der Waals surface area contributed by atoms with Crippen LogP contribution in [0.15, 0.2) is 36.4 Å². The van der Waals surface area contributed by atoms with Crippen LogP contribution in [0, 0.1) is 11.8 Å². The second-order valence-electron chi connectivity index (χ2n) is 7.49. The third-order valence-corrected chi connectivity index (χ3v) is 4.57. The second kappa shape index (κ2) is 10.1.